The predicted octanol–water partition coefficient (Wildman–Crippen LogP) is 2.21. The molecule has 2 aromatic heterocycles. The highest BCUT2D eigenvalue weighted by Gasteiger charge is 2.33. The Labute approximate surface area is 152 Å². The van der Waals surface area contributed by atoms with E-state index in [1.807, 2.05) is 6.26 Å². The molecular weight excluding hydrogens is 340 g/mol. The van der Waals surface area contributed by atoms with Gasteiger partial charge in [0, 0.05) is 11.3 Å². The number of nitrogens with one attached hydrogen (secondary N) is 2. The number of anilines is 1. The third-order valence-electron chi connectivity index (χ3n) is 4.66. The number of ether oxygens (including phenoxy) is 1. The van der Waals surface area contributed by atoms with Crippen molar-refractivity contribution in [2.75, 3.05) is 38.8 Å². The number of fused-ring (bicyclic) bond motifs is 3. The molecule has 0 amide bonds. The Morgan fingerprint density at radius 1 is 1.38 bits per heavy atom. The fourth-order valence-corrected chi connectivity index (χ4v) is 4.46. The average molecular weight is 368 g/mol. The van der Waals surface area contributed by atoms with E-state index in [0.717, 1.165) is 41.7 Å². The number of hydrogen-bond acceptors (Lipinski definition) is 6. The van der Waals surface area contributed by atoms with E-state index >= 15 is 0 Å². The van der Waals surface area contributed by atoms with Gasteiger partial charge in [0.05, 0.1) is 44.8 Å². The molecule has 1 aliphatic rings. The number of thiophene rings is 1. The summed E-state index contributed by atoms with van der Waals surface area (Å²) in [5.41, 5.74) is 1.31. The first-order chi connectivity index (χ1) is 11.5. The molecule has 0 bridgehead atoms. The van der Waals surface area contributed by atoms with Crippen LogP contribution >= 0.6 is 23.1 Å². The third-order valence-corrected chi connectivity index (χ3v) is 6.31. The number of rotatable bonds is 6. The first-order valence-electron chi connectivity index (χ1n) is 8.49. The SMILES string of the molecule is CC[C@]1(C)Cc2c(sc3nc(SC)nc(NCC[NH+](C)C)c23)CO1. The normalized spacial score (nSPS) is 20.6. The van der Waals surface area contributed by atoms with Crippen LogP contribution in [0.1, 0.15) is 30.7 Å². The second-order valence-corrected chi connectivity index (χ2v) is 8.75. The topological polar surface area (TPSA) is 51.5 Å². The molecule has 1 aliphatic heterocycles. The van der Waals surface area contributed by atoms with Crippen molar-refractivity contribution in [2.24, 2.45) is 0 Å². The molecule has 0 saturated carbocycles. The molecule has 0 spiro atoms. The van der Waals surface area contributed by atoms with Crippen molar-refractivity contribution in [2.45, 2.75) is 44.1 Å². The lowest BCUT2D eigenvalue weighted by Crippen LogP contribution is -3.06. The van der Waals surface area contributed by atoms with Crippen LogP contribution in [0.5, 0.6) is 0 Å². The first kappa shape index (κ1) is 17.9. The van der Waals surface area contributed by atoms with E-state index in [1.165, 1.54) is 20.7 Å². The van der Waals surface area contributed by atoms with Crippen LogP contribution in [0.2, 0.25) is 0 Å². The minimum absolute atomic E-state index is 0.0791. The molecule has 5 nitrogen and oxygen atoms in total. The van der Waals surface area contributed by atoms with E-state index in [4.69, 9.17) is 14.7 Å². The lowest BCUT2D eigenvalue weighted by atomic mass is 9.90. The molecule has 24 heavy (non-hydrogen) atoms. The monoisotopic (exact) mass is 367 g/mol. The summed E-state index contributed by atoms with van der Waals surface area (Å²) < 4.78 is 6.11. The van der Waals surface area contributed by atoms with Gasteiger partial charge in [-0.1, -0.05) is 18.7 Å². The number of quaternary nitrogens is 1. The summed E-state index contributed by atoms with van der Waals surface area (Å²) in [6, 6.07) is 0. The van der Waals surface area contributed by atoms with E-state index in [1.54, 1.807) is 23.1 Å². The van der Waals surface area contributed by atoms with Crippen molar-refractivity contribution in [3.63, 3.8) is 0 Å². The van der Waals surface area contributed by atoms with Gasteiger partial charge in [-0.2, -0.15) is 0 Å². The molecule has 3 rings (SSSR count). The van der Waals surface area contributed by atoms with E-state index in [9.17, 15) is 0 Å². The fraction of sp³-hybridized carbons (Fsp3) is 0.647. The van der Waals surface area contributed by atoms with Crippen molar-refractivity contribution < 1.29 is 9.64 Å². The Bertz CT molecular complexity index is 731. The number of aromatic nitrogens is 2. The molecule has 1 atom stereocenters. The van der Waals surface area contributed by atoms with Crippen LogP contribution < -0.4 is 10.2 Å². The van der Waals surface area contributed by atoms with E-state index < -0.39 is 0 Å². The van der Waals surface area contributed by atoms with Gasteiger partial charge in [0.15, 0.2) is 5.16 Å². The van der Waals surface area contributed by atoms with Crippen LogP contribution in [-0.4, -0.2) is 49.0 Å². The quantitative estimate of drug-likeness (QED) is 0.606. The van der Waals surface area contributed by atoms with Gasteiger partial charge < -0.3 is 15.0 Å². The van der Waals surface area contributed by atoms with Gasteiger partial charge >= 0.3 is 0 Å². The molecule has 7 heteroatoms. The molecule has 0 unspecified atom stereocenters. The minimum Gasteiger partial charge on any atom is -0.369 e. The molecule has 0 saturated heterocycles. The summed E-state index contributed by atoms with van der Waals surface area (Å²) in [7, 11) is 4.34. The summed E-state index contributed by atoms with van der Waals surface area (Å²) >= 11 is 3.36. The Hall–Kier alpha value is -0.890. The largest absolute Gasteiger partial charge is 0.369 e. The highest BCUT2D eigenvalue weighted by molar-refractivity contribution is 7.98. The standard InChI is InChI=1S/C17H26N4OS2/c1-6-17(2)9-11-12(10-22-17)24-15-13(11)14(18-7-8-21(3)4)19-16(20-15)23-5/h6-10H2,1-5H3,(H,18,19,20)/p+1/t17-/m1/s1. The second-order valence-electron chi connectivity index (χ2n) is 6.90. The Morgan fingerprint density at radius 2 is 2.17 bits per heavy atom. The highest BCUT2D eigenvalue weighted by Crippen LogP contribution is 2.42. The molecular formula is C17H27N4OS2+. The van der Waals surface area contributed by atoms with Crippen molar-refractivity contribution in [1.82, 2.24) is 9.97 Å². The number of likely N-dealkylation sites (N-methyl/N-ethyl adjacent to an activating group) is 1. The van der Waals surface area contributed by atoms with E-state index in [-0.39, 0.29) is 5.60 Å². The van der Waals surface area contributed by atoms with Crippen LogP contribution in [0.4, 0.5) is 5.82 Å². The molecule has 2 N–H and O–H groups in total. The summed E-state index contributed by atoms with van der Waals surface area (Å²) in [6.45, 7) is 7.06. The van der Waals surface area contributed by atoms with Crippen LogP contribution in [-0.2, 0) is 17.8 Å². The first-order valence-corrected chi connectivity index (χ1v) is 10.5. The summed E-state index contributed by atoms with van der Waals surface area (Å²) in [5.74, 6) is 0.989. The van der Waals surface area contributed by atoms with Crippen molar-refractivity contribution in [1.29, 1.82) is 0 Å². The predicted molar refractivity (Wildman–Crippen MR) is 103 cm³/mol. The number of hydrogen-bond donors (Lipinski definition) is 2. The highest BCUT2D eigenvalue weighted by atomic mass is 32.2. The molecule has 0 aliphatic carbocycles. The Kier molecular flexibility index (Phi) is 5.34. The smallest absolute Gasteiger partial charge is 0.190 e. The lowest BCUT2D eigenvalue weighted by Gasteiger charge is -2.33. The van der Waals surface area contributed by atoms with Gasteiger partial charge in [0.1, 0.15) is 10.6 Å². The summed E-state index contributed by atoms with van der Waals surface area (Å²) in [4.78, 5) is 13.3. The molecule has 0 fully saturated rings. The van der Waals surface area contributed by atoms with Gasteiger partial charge in [-0.3, -0.25) is 0 Å². The van der Waals surface area contributed by atoms with Crippen LogP contribution in [0.3, 0.4) is 0 Å². The third kappa shape index (κ3) is 3.54. The zero-order valence-electron chi connectivity index (χ0n) is 15.2. The van der Waals surface area contributed by atoms with Crippen LogP contribution in [0.25, 0.3) is 10.2 Å². The Morgan fingerprint density at radius 3 is 2.83 bits per heavy atom. The van der Waals surface area contributed by atoms with Gasteiger partial charge in [0.25, 0.3) is 0 Å². The van der Waals surface area contributed by atoms with Crippen molar-refractivity contribution in [3.05, 3.63) is 10.4 Å². The molecule has 0 aromatic carbocycles. The molecule has 2 aromatic rings. The van der Waals surface area contributed by atoms with Gasteiger partial charge in [-0.25, -0.2) is 9.97 Å². The Balaban J connectivity index is 2.03. The maximum absolute atomic E-state index is 6.11. The van der Waals surface area contributed by atoms with Gasteiger partial charge in [-0.15, -0.1) is 11.3 Å². The zero-order valence-corrected chi connectivity index (χ0v) is 16.8. The molecule has 132 valence electrons. The second kappa shape index (κ2) is 7.15. The summed E-state index contributed by atoms with van der Waals surface area (Å²) in [5, 5.41) is 5.60. The fourth-order valence-electron chi connectivity index (χ4n) is 2.93. The maximum atomic E-state index is 6.11. The van der Waals surface area contributed by atoms with Crippen LogP contribution in [0.15, 0.2) is 5.16 Å². The van der Waals surface area contributed by atoms with Gasteiger partial charge in [-0.05, 0) is 25.2 Å². The van der Waals surface area contributed by atoms with Crippen molar-refractivity contribution >= 4 is 39.1 Å². The van der Waals surface area contributed by atoms with Crippen LogP contribution in [0, 0.1) is 0 Å². The van der Waals surface area contributed by atoms with E-state index in [0.29, 0.717) is 6.61 Å². The van der Waals surface area contributed by atoms with Crippen molar-refractivity contribution in [3.8, 4) is 0 Å². The average Bonchev–Trinajstić information content (AvgIpc) is 2.91. The molecule has 3 heterocycles. The maximum Gasteiger partial charge on any atom is 0.190 e. The molecule has 0 radical (unpaired) electrons. The zero-order chi connectivity index (χ0) is 17.3. The van der Waals surface area contributed by atoms with E-state index in [2.05, 4.69) is 33.3 Å². The number of nitrogens with zero attached hydrogens (tertiary/aromatic N) is 2. The van der Waals surface area contributed by atoms with Gasteiger partial charge in [0.2, 0.25) is 0 Å². The number of thioether (sulfide) groups is 1. The summed E-state index contributed by atoms with van der Waals surface area (Å²) in [6.07, 6.45) is 3.98. The lowest BCUT2D eigenvalue weighted by molar-refractivity contribution is -0.856. The minimum atomic E-state index is -0.0791.